The second-order valence-electron chi connectivity index (χ2n) is 9.91. The van der Waals surface area contributed by atoms with Crippen LogP contribution in [0.4, 0.5) is 10.3 Å². The number of likely N-dealkylation sites (tertiary alicyclic amines) is 1. The van der Waals surface area contributed by atoms with Crippen LogP contribution >= 0.6 is 24.8 Å². The Labute approximate surface area is 244 Å². The number of pyridine rings is 2. The Bertz CT molecular complexity index is 1650. The van der Waals surface area contributed by atoms with Crippen LogP contribution in [-0.4, -0.2) is 54.5 Å². The van der Waals surface area contributed by atoms with Gasteiger partial charge in [0, 0.05) is 49.3 Å². The van der Waals surface area contributed by atoms with E-state index in [4.69, 9.17) is 4.98 Å². The zero-order valence-corrected chi connectivity index (χ0v) is 23.8. The summed E-state index contributed by atoms with van der Waals surface area (Å²) in [5.74, 6) is 0.539. The number of aryl methyl sites for hydroxylation is 1. The number of benzene rings is 1. The maximum absolute atomic E-state index is 13.4. The summed E-state index contributed by atoms with van der Waals surface area (Å²) in [5, 5.41) is 3.65. The standard InChI is InChI=1S/C29H30FN7O.2ClH/c1-20-24(28(38)36-15-3-2-6-26(36)32-20)13-18-35-16-11-23(12-17-35)33-29-34-25-5-4-14-31-27(25)37(29)19-21-7-9-22(30)10-8-21;;/h2-10,14-15,23H,11-13,16-19H2,1H3,(H,33,34);2*1H. The first-order chi connectivity index (χ1) is 18.5. The molecule has 0 atom stereocenters. The SMILES string of the molecule is Cc1nc2ccccn2c(=O)c1CCN1CCC(Nc2nc3cccnc3n2Cc2ccc(F)cc2)CC1.Cl.Cl. The highest BCUT2D eigenvalue weighted by atomic mass is 35.5. The number of halogens is 3. The van der Waals surface area contributed by atoms with Crippen LogP contribution in [0, 0.1) is 12.7 Å². The quantitative estimate of drug-likeness (QED) is 0.293. The number of rotatable bonds is 7. The summed E-state index contributed by atoms with van der Waals surface area (Å²) < 4.78 is 17.1. The van der Waals surface area contributed by atoms with Crippen molar-refractivity contribution >= 4 is 47.6 Å². The molecule has 1 aliphatic rings. The summed E-state index contributed by atoms with van der Waals surface area (Å²) in [5.41, 5.74) is 4.94. The number of anilines is 1. The van der Waals surface area contributed by atoms with E-state index in [1.54, 1.807) is 28.9 Å². The minimum atomic E-state index is -0.246. The molecule has 0 radical (unpaired) electrons. The molecule has 40 heavy (non-hydrogen) atoms. The Balaban J connectivity index is 0.00000185. The van der Waals surface area contributed by atoms with E-state index in [0.29, 0.717) is 18.6 Å². The Morgan fingerprint density at radius 2 is 1.77 bits per heavy atom. The van der Waals surface area contributed by atoms with Gasteiger partial charge in [0.15, 0.2) is 5.65 Å². The predicted octanol–water partition coefficient (Wildman–Crippen LogP) is 4.90. The number of fused-ring (bicyclic) bond motifs is 2. The molecule has 1 aliphatic heterocycles. The van der Waals surface area contributed by atoms with E-state index in [1.165, 1.54) is 12.1 Å². The third kappa shape index (κ3) is 6.11. The number of aromatic nitrogens is 5. The number of piperidine rings is 1. The molecule has 5 aromatic rings. The minimum absolute atomic E-state index is 0. The van der Waals surface area contributed by atoms with Crippen molar-refractivity contribution < 1.29 is 4.39 Å². The van der Waals surface area contributed by atoms with Crippen molar-refractivity contribution in [2.75, 3.05) is 25.0 Å². The molecule has 1 aromatic carbocycles. The van der Waals surface area contributed by atoms with Crippen molar-refractivity contribution in [2.45, 2.75) is 38.8 Å². The lowest BCUT2D eigenvalue weighted by atomic mass is 10.0. The van der Waals surface area contributed by atoms with Gasteiger partial charge in [-0.05, 0) is 68.1 Å². The molecule has 0 bridgehead atoms. The number of hydrogen-bond acceptors (Lipinski definition) is 6. The Morgan fingerprint density at radius 1 is 1.00 bits per heavy atom. The van der Waals surface area contributed by atoms with Crippen LogP contribution in [-0.2, 0) is 13.0 Å². The molecule has 210 valence electrons. The highest BCUT2D eigenvalue weighted by Crippen LogP contribution is 2.23. The first-order valence-electron chi connectivity index (χ1n) is 13.1. The lowest BCUT2D eigenvalue weighted by Gasteiger charge is -2.32. The average Bonchev–Trinajstić information content (AvgIpc) is 3.27. The van der Waals surface area contributed by atoms with Gasteiger partial charge in [0.05, 0.1) is 6.54 Å². The number of nitrogens with zero attached hydrogens (tertiary/aromatic N) is 6. The topological polar surface area (TPSA) is 80.4 Å². The maximum Gasteiger partial charge on any atom is 0.261 e. The van der Waals surface area contributed by atoms with Crippen molar-refractivity contribution in [3.05, 3.63) is 100.0 Å². The monoisotopic (exact) mass is 583 g/mol. The number of hydrogen-bond donors (Lipinski definition) is 1. The summed E-state index contributed by atoms with van der Waals surface area (Å²) in [6, 6.07) is 16.3. The second kappa shape index (κ2) is 12.8. The van der Waals surface area contributed by atoms with Gasteiger partial charge in [-0.15, -0.1) is 24.8 Å². The van der Waals surface area contributed by atoms with E-state index in [9.17, 15) is 9.18 Å². The van der Waals surface area contributed by atoms with Gasteiger partial charge in [-0.2, -0.15) is 0 Å². The highest BCUT2D eigenvalue weighted by molar-refractivity contribution is 5.85. The van der Waals surface area contributed by atoms with E-state index in [-0.39, 0.29) is 42.2 Å². The number of imidazole rings is 1. The summed E-state index contributed by atoms with van der Waals surface area (Å²) in [6.07, 6.45) is 6.19. The molecule has 0 aliphatic carbocycles. The molecule has 1 saturated heterocycles. The van der Waals surface area contributed by atoms with Crippen molar-refractivity contribution in [1.82, 2.24) is 28.8 Å². The molecule has 0 unspecified atom stereocenters. The largest absolute Gasteiger partial charge is 0.353 e. The lowest BCUT2D eigenvalue weighted by Crippen LogP contribution is -2.41. The fourth-order valence-electron chi connectivity index (χ4n) is 5.27. The Hall–Kier alpha value is -3.53. The van der Waals surface area contributed by atoms with E-state index < -0.39 is 0 Å². The van der Waals surface area contributed by atoms with Crippen molar-refractivity contribution in [3.63, 3.8) is 0 Å². The average molecular weight is 585 g/mol. The second-order valence-corrected chi connectivity index (χ2v) is 9.91. The molecule has 1 fully saturated rings. The van der Waals surface area contributed by atoms with Crippen LogP contribution in [0.15, 0.2) is 71.8 Å². The van der Waals surface area contributed by atoms with Crippen LogP contribution in [0.1, 0.15) is 29.7 Å². The zero-order chi connectivity index (χ0) is 26.1. The molecule has 0 saturated carbocycles. The Morgan fingerprint density at radius 3 is 2.55 bits per heavy atom. The van der Waals surface area contributed by atoms with Gasteiger partial charge in [-0.1, -0.05) is 18.2 Å². The third-order valence-corrected chi connectivity index (χ3v) is 7.39. The molecule has 11 heteroatoms. The normalized spacial score (nSPS) is 14.2. The van der Waals surface area contributed by atoms with E-state index in [1.807, 2.05) is 37.3 Å². The van der Waals surface area contributed by atoms with Crippen LogP contribution in [0.25, 0.3) is 16.8 Å². The van der Waals surface area contributed by atoms with E-state index >= 15 is 0 Å². The van der Waals surface area contributed by atoms with Gasteiger partial charge < -0.3 is 10.2 Å². The molecule has 8 nitrogen and oxygen atoms in total. The van der Waals surface area contributed by atoms with Crippen LogP contribution in [0.2, 0.25) is 0 Å². The lowest BCUT2D eigenvalue weighted by molar-refractivity contribution is 0.220. The zero-order valence-electron chi connectivity index (χ0n) is 22.2. The highest BCUT2D eigenvalue weighted by Gasteiger charge is 2.22. The summed E-state index contributed by atoms with van der Waals surface area (Å²) in [6.45, 7) is 5.19. The van der Waals surface area contributed by atoms with Crippen molar-refractivity contribution in [3.8, 4) is 0 Å². The number of nitrogens with one attached hydrogen (secondary N) is 1. The van der Waals surface area contributed by atoms with Gasteiger partial charge in [-0.25, -0.2) is 19.3 Å². The molecular weight excluding hydrogens is 552 g/mol. The van der Waals surface area contributed by atoms with Gasteiger partial charge >= 0.3 is 0 Å². The van der Waals surface area contributed by atoms with Crippen LogP contribution < -0.4 is 10.9 Å². The van der Waals surface area contributed by atoms with Crippen LogP contribution in [0.3, 0.4) is 0 Å². The van der Waals surface area contributed by atoms with Gasteiger partial charge in [0.2, 0.25) is 5.95 Å². The van der Waals surface area contributed by atoms with E-state index in [2.05, 4.69) is 24.8 Å². The van der Waals surface area contributed by atoms with E-state index in [0.717, 1.165) is 66.4 Å². The fourth-order valence-corrected chi connectivity index (χ4v) is 5.27. The minimum Gasteiger partial charge on any atom is -0.353 e. The molecule has 4 aromatic heterocycles. The first kappa shape index (κ1) is 29.5. The van der Waals surface area contributed by atoms with Gasteiger partial charge in [0.1, 0.15) is 17.0 Å². The summed E-state index contributed by atoms with van der Waals surface area (Å²) in [7, 11) is 0. The summed E-state index contributed by atoms with van der Waals surface area (Å²) >= 11 is 0. The third-order valence-electron chi connectivity index (χ3n) is 7.39. The van der Waals surface area contributed by atoms with Gasteiger partial charge in [0.25, 0.3) is 5.56 Å². The smallest absolute Gasteiger partial charge is 0.261 e. The summed E-state index contributed by atoms with van der Waals surface area (Å²) in [4.78, 5) is 29.4. The predicted molar refractivity (Wildman–Crippen MR) is 161 cm³/mol. The van der Waals surface area contributed by atoms with Crippen molar-refractivity contribution in [1.29, 1.82) is 0 Å². The Kier molecular flexibility index (Phi) is 9.40. The molecule has 5 heterocycles. The first-order valence-corrected chi connectivity index (χ1v) is 13.1. The molecule has 0 amide bonds. The molecule has 6 rings (SSSR count). The molecule has 0 spiro atoms. The van der Waals surface area contributed by atoms with Crippen molar-refractivity contribution in [2.24, 2.45) is 0 Å². The van der Waals surface area contributed by atoms with Crippen LogP contribution in [0.5, 0.6) is 0 Å². The van der Waals surface area contributed by atoms with Gasteiger partial charge in [-0.3, -0.25) is 13.8 Å². The molecular formula is C29H32Cl2FN7O. The maximum atomic E-state index is 13.4. The fraction of sp³-hybridized carbons (Fsp3) is 0.310. The molecule has 1 N–H and O–H groups in total.